The number of carbonyl (C=O) groups excluding carboxylic acids is 1. The standard InChI is InChI=1S/C21H28N2O5/c1-21(2,15-8-10-17(26-4)19(12-15)28-6)23-20(24)22-13-14-7-9-16(25-3)18(11-14)27-5/h7-12H,13H2,1-6H3,(H2,22,23,24). The van der Waals surface area contributed by atoms with Crippen LogP contribution in [0.25, 0.3) is 0 Å². The Kier molecular flexibility index (Phi) is 6.98. The molecule has 0 saturated carbocycles. The molecule has 28 heavy (non-hydrogen) atoms. The van der Waals surface area contributed by atoms with Crippen LogP contribution in [0.2, 0.25) is 0 Å². The summed E-state index contributed by atoms with van der Waals surface area (Å²) in [4.78, 5) is 12.4. The summed E-state index contributed by atoms with van der Waals surface area (Å²) in [5.41, 5.74) is 1.18. The van der Waals surface area contributed by atoms with E-state index in [0.29, 0.717) is 29.5 Å². The van der Waals surface area contributed by atoms with Crippen LogP contribution >= 0.6 is 0 Å². The van der Waals surface area contributed by atoms with E-state index < -0.39 is 5.54 Å². The quantitative estimate of drug-likeness (QED) is 0.724. The summed E-state index contributed by atoms with van der Waals surface area (Å²) in [7, 11) is 6.33. The summed E-state index contributed by atoms with van der Waals surface area (Å²) in [6.45, 7) is 4.20. The summed E-state index contributed by atoms with van der Waals surface area (Å²) < 4.78 is 21.1. The van der Waals surface area contributed by atoms with Gasteiger partial charge in [-0.15, -0.1) is 0 Å². The number of hydrogen-bond acceptors (Lipinski definition) is 5. The number of nitrogens with one attached hydrogen (secondary N) is 2. The van der Waals surface area contributed by atoms with Crippen molar-refractivity contribution in [3.63, 3.8) is 0 Å². The van der Waals surface area contributed by atoms with Gasteiger partial charge < -0.3 is 29.6 Å². The summed E-state index contributed by atoms with van der Waals surface area (Å²) in [6, 6.07) is 10.8. The molecule has 0 spiro atoms. The molecule has 2 amide bonds. The predicted molar refractivity (Wildman–Crippen MR) is 107 cm³/mol. The van der Waals surface area contributed by atoms with Crippen molar-refractivity contribution in [3.8, 4) is 23.0 Å². The van der Waals surface area contributed by atoms with Gasteiger partial charge in [-0.05, 0) is 49.2 Å². The van der Waals surface area contributed by atoms with E-state index in [1.165, 1.54) is 0 Å². The summed E-state index contributed by atoms with van der Waals surface area (Å²) in [5, 5.41) is 5.84. The van der Waals surface area contributed by atoms with Crippen molar-refractivity contribution < 1.29 is 23.7 Å². The molecule has 0 radical (unpaired) electrons. The van der Waals surface area contributed by atoms with Crippen molar-refractivity contribution in [3.05, 3.63) is 47.5 Å². The summed E-state index contributed by atoms with van der Waals surface area (Å²) >= 11 is 0. The lowest BCUT2D eigenvalue weighted by atomic mass is 9.94. The predicted octanol–water partition coefficient (Wildman–Crippen LogP) is 3.46. The van der Waals surface area contributed by atoms with E-state index >= 15 is 0 Å². The third-order valence-electron chi connectivity index (χ3n) is 4.43. The first-order valence-electron chi connectivity index (χ1n) is 8.84. The molecule has 0 bridgehead atoms. The molecule has 7 nitrogen and oxygen atoms in total. The van der Waals surface area contributed by atoms with Crippen LogP contribution in [-0.2, 0) is 12.1 Å². The Labute approximate surface area is 165 Å². The molecular formula is C21H28N2O5. The SMILES string of the molecule is COc1ccc(CNC(=O)NC(C)(C)c2ccc(OC)c(OC)c2)cc1OC. The molecule has 2 rings (SSSR count). The highest BCUT2D eigenvalue weighted by Gasteiger charge is 2.24. The van der Waals surface area contributed by atoms with Crippen LogP contribution in [0.5, 0.6) is 23.0 Å². The molecule has 0 atom stereocenters. The van der Waals surface area contributed by atoms with Crippen LogP contribution in [0.3, 0.4) is 0 Å². The lowest BCUT2D eigenvalue weighted by Gasteiger charge is -2.27. The summed E-state index contributed by atoms with van der Waals surface area (Å²) in [5.74, 6) is 2.51. The first-order chi connectivity index (χ1) is 13.3. The number of ether oxygens (including phenoxy) is 4. The molecule has 152 valence electrons. The van der Waals surface area contributed by atoms with E-state index in [0.717, 1.165) is 11.1 Å². The van der Waals surface area contributed by atoms with Gasteiger partial charge in [-0.1, -0.05) is 12.1 Å². The Balaban J connectivity index is 2.03. The number of hydrogen-bond donors (Lipinski definition) is 2. The number of methoxy groups -OCH3 is 4. The van der Waals surface area contributed by atoms with Gasteiger partial charge in [0.15, 0.2) is 23.0 Å². The highest BCUT2D eigenvalue weighted by atomic mass is 16.5. The first-order valence-corrected chi connectivity index (χ1v) is 8.84. The summed E-state index contributed by atoms with van der Waals surface area (Å²) in [6.07, 6.45) is 0. The second-order valence-corrected chi connectivity index (χ2v) is 6.69. The Hall–Kier alpha value is -3.09. The number of carbonyl (C=O) groups is 1. The minimum absolute atomic E-state index is 0.283. The molecule has 2 N–H and O–H groups in total. The smallest absolute Gasteiger partial charge is 0.315 e. The van der Waals surface area contributed by atoms with Crippen molar-refractivity contribution >= 4 is 6.03 Å². The maximum absolute atomic E-state index is 12.4. The highest BCUT2D eigenvalue weighted by Crippen LogP contribution is 2.32. The lowest BCUT2D eigenvalue weighted by Crippen LogP contribution is -2.46. The molecule has 0 saturated heterocycles. The van der Waals surface area contributed by atoms with Gasteiger partial charge in [0.1, 0.15) is 0 Å². The Morgan fingerprint density at radius 1 is 0.821 bits per heavy atom. The zero-order valence-corrected chi connectivity index (χ0v) is 17.2. The third-order valence-corrected chi connectivity index (χ3v) is 4.43. The van der Waals surface area contributed by atoms with Crippen molar-refractivity contribution in [2.75, 3.05) is 28.4 Å². The zero-order valence-electron chi connectivity index (χ0n) is 17.2. The molecule has 0 aliphatic rings. The van der Waals surface area contributed by atoms with Crippen LogP contribution in [0.4, 0.5) is 4.79 Å². The lowest BCUT2D eigenvalue weighted by molar-refractivity contribution is 0.229. The maximum atomic E-state index is 12.4. The minimum atomic E-state index is -0.610. The molecule has 0 unspecified atom stereocenters. The normalized spacial score (nSPS) is 10.8. The number of amides is 2. The van der Waals surface area contributed by atoms with Crippen molar-refractivity contribution in [1.29, 1.82) is 0 Å². The Bertz CT molecular complexity index is 820. The van der Waals surface area contributed by atoms with Crippen molar-refractivity contribution in [1.82, 2.24) is 10.6 Å². The average Bonchev–Trinajstić information content (AvgIpc) is 2.70. The minimum Gasteiger partial charge on any atom is -0.493 e. The van der Waals surface area contributed by atoms with Gasteiger partial charge in [-0.25, -0.2) is 4.79 Å². The Morgan fingerprint density at radius 2 is 1.36 bits per heavy atom. The van der Waals surface area contributed by atoms with E-state index in [-0.39, 0.29) is 6.03 Å². The number of rotatable bonds is 8. The van der Waals surface area contributed by atoms with Gasteiger partial charge in [0.05, 0.1) is 34.0 Å². The Morgan fingerprint density at radius 3 is 1.93 bits per heavy atom. The average molecular weight is 388 g/mol. The van der Waals surface area contributed by atoms with Gasteiger partial charge in [0.25, 0.3) is 0 Å². The van der Waals surface area contributed by atoms with Gasteiger partial charge in [-0.3, -0.25) is 0 Å². The van der Waals surface area contributed by atoms with Crippen LogP contribution in [0, 0.1) is 0 Å². The molecule has 2 aromatic rings. The second kappa shape index (κ2) is 9.21. The van der Waals surface area contributed by atoms with Crippen LogP contribution in [0.15, 0.2) is 36.4 Å². The molecule has 0 aromatic heterocycles. The van der Waals surface area contributed by atoms with Crippen molar-refractivity contribution in [2.24, 2.45) is 0 Å². The molecule has 0 heterocycles. The highest BCUT2D eigenvalue weighted by molar-refractivity contribution is 5.75. The fourth-order valence-corrected chi connectivity index (χ4v) is 2.80. The molecular weight excluding hydrogens is 360 g/mol. The molecule has 0 aliphatic heterocycles. The molecule has 0 fully saturated rings. The fraction of sp³-hybridized carbons (Fsp3) is 0.381. The monoisotopic (exact) mass is 388 g/mol. The molecule has 7 heteroatoms. The maximum Gasteiger partial charge on any atom is 0.315 e. The van der Waals surface area contributed by atoms with E-state index in [4.69, 9.17) is 18.9 Å². The van der Waals surface area contributed by atoms with Gasteiger partial charge in [-0.2, -0.15) is 0 Å². The van der Waals surface area contributed by atoms with Gasteiger partial charge in [0, 0.05) is 6.54 Å². The van der Waals surface area contributed by atoms with Gasteiger partial charge in [0.2, 0.25) is 0 Å². The number of benzene rings is 2. The van der Waals surface area contributed by atoms with E-state index in [9.17, 15) is 4.79 Å². The van der Waals surface area contributed by atoms with Crippen LogP contribution in [0.1, 0.15) is 25.0 Å². The largest absolute Gasteiger partial charge is 0.493 e. The second-order valence-electron chi connectivity index (χ2n) is 6.69. The first kappa shape index (κ1) is 21.2. The molecule has 2 aromatic carbocycles. The molecule has 0 aliphatic carbocycles. The van der Waals surface area contributed by atoms with E-state index in [2.05, 4.69) is 10.6 Å². The fourth-order valence-electron chi connectivity index (χ4n) is 2.80. The van der Waals surface area contributed by atoms with E-state index in [1.807, 2.05) is 44.2 Å². The van der Waals surface area contributed by atoms with Gasteiger partial charge >= 0.3 is 6.03 Å². The van der Waals surface area contributed by atoms with Crippen molar-refractivity contribution in [2.45, 2.75) is 25.9 Å². The van der Waals surface area contributed by atoms with Crippen LogP contribution in [-0.4, -0.2) is 34.5 Å². The zero-order chi connectivity index (χ0) is 20.7. The van der Waals surface area contributed by atoms with Crippen LogP contribution < -0.4 is 29.6 Å². The van der Waals surface area contributed by atoms with E-state index in [1.54, 1.807) is 34.5 Å². The third kappa shape index (κ3) is 5.00. The number of urea groups is 1. The topological polar surface area (TPSA) is 78.1 Å².